The van der Waals surface area contributed by atoms with Gasteiger partial charge in [-0.15, -0.1) is 0 Å². The van der Waals surface area contributed by atoms with Gasteiger partial charge in [0.2, 0.25) is 0 Å². The van der Waals surface area contributed by atoms with Crippen molar-refractivity contribution in [3.8, 4) is 0 Å². The Morgan fingerprint density at radius 1 is 1.25 bits per heavy atom. The molecule has 24 heavy (non-hydrogen) atoms. The van der Waals surface area contributed by atoms with Crippen LogP contribution in [0.4, 0.5) is 0 Å². The molecule has 1 aromatic heterocycles. The molecular formula is C19H23N3O2. The number of nitrogens with zero attached hydrogens (tertiary/aromatic N) is 3. The van der Waals surface area contributed by atoms with E-state index in [-0.39, 0.29) is 11.9 Å². The van der Waals surface area contributed by atoms with Crippen LogP contribution in [-0.4, -0.2) is 40.3 Å². The molecule has 1 atom stereocenters. The fraction of sp³-hybridized carbons (Fsp3) is 0.474. The summed E-state index contributed by atoms with van der Waals surface area (Å²) in [6, 6.07) is 9.44. The molecule has 0 saturated heterocycles. The number of hydrogen-bond donors (Lipinski definition) is 0. The molecule has 0 unspecified atom stereocenters. The van der Waals surface area contributed by atoms with Gasteiger partial charge in [-0.25, -0.2) is 0 Å². The Morgan fingerprint density at radius 2 is 2.04 bits per heavy atom. The van der Waals surface area contributed by atoms with Gasteiger partial charge in [0.25, 0.3) is 5.91 Å². The van der Waals surface area contributed by atoms with Crippen molar-refractivity contribution in [3.05, 3.63) is 53.3 Å². The minimum Gasteiger partial charge on any atom is -0.379 e. The smallest absolute Gasteiger partial charge is 0.254 e. The van der Waals surface area contributed by atoms with Crippen LogP contribution in [0, 0.1) is 5.92 Å². The summed E-state index contributed by atoms with van der Waals surface area (Å²) in [7, 11) is 1.95. The molecule has 0 bridgehead atoms. The Morgan fingerprint density at radius 3 is 2.79 bits per heavy atom. The van der Waals surface area contributed by atoms with Crippen LogP contribution >= 0.6 is 0 Å². The fourth-order valence-electron chi connectivity index (χ4n) is 3.45. The van der Waals surface area contributed by atoms with E-state index in [1.165, 1.54) is 18.4 Å². The number of fused-ring (bicyclic) bond motifs is 1. The predicted octanol–water partition coefficient (Wildman–Crippen LogP) is 2.59. The van der Waals surface area contributed by atoms with E-state index in [0.717, 1.165) is 30.2 Å². The molecule has 1 saturated carbocycles. The molecule has 2 heterocycles. The molecule has 2 aromatic rings. The summed E-state index contributed by atoms with van der Waals surface area (Å²) < 4.78 is 7.85. The van der Waals surface area contributed by atoms with Crippen molar-refractivity contribution in [1.29, 1.82) is 0 Å². The SMILES string of the molecule is Cn1ncc2c1[C@H](COCC1CC1)N(C(=O)c1ccccc1)CC2. The Kier molecular flexibility index (Phi) is 4.10. The first-order chi connectivity index (χ1) is 11.7. The van der Waals surface area contributed by atoms with Crippen LogP contribution < -0.4 is 0 Å². The number of amides is 1. The summed E-state index contributed by atoms with van der Waals surface area (Å²) in [5.41, 5.74) is 3.08. The van der Waals surface area contributed by atoms with Crippen molar-refractivity contribution < 1.29 is 9.53 Å². The summed E-state index contributed by atoms with van der Waals surface area (Å²) in [5.74, 6) is 0.792. The average molecular weight is 325 g/mol. The molecule has 1 amide bonds. The molecule has 4 rings (SSSR count). The summed E-state index contributed by atoms with van der Waals surface area (Å²) in [6.07, 6.45) is 5.32. The summed E-state index contributed by atoms with van der Waals surface area (Å²) >= 11 is 0. The van der Waals surface area contributed by atoms with Crippen LogP contribution in [0.5, 0.6) is 0 Å². The zero-order chi connectivity index (χ0) is 16.5. The fourth-order valence-corrected chi connectivity index (χ4v) is 3.45. The number of ether oxygens (including phenoxy) is 1. The maximum absolute atomic E-state index is 13.0. The second-order valence-corrected chi connectivity index (χ2v) is 6.79. The monoisotopic (exact) mass is 325 g/mol. The van der Waals surface area contributed by atoms with E-state index in [2.05, 4.69) is 5.10 Å². The molecule has 0 radical (unpaired) electrons. The highest BCUT2D eigenvalue weighted by Gasteiger charge is 2.34. The summed E-state index contributed by atoms with van der Waals surface area (Å²) in [6.45, 7) is 2.06. The third-order valence-electron chi connectivity index (χ3n) is 4.99. The quantitative estimate of drug-likeness (QED) is 0.849. The van der Waals surface area contributed by atoms with Crippen molar-refractivity contribution in [2.24, 2.45) is 13.0 Å². The number of aryl methyl sites for hydroxylation is 1. The van der Waals surface area contributed by atoms with Crippen LogP contribution in [0.2, 0.25) is 0 Å². The van der Waals surface area contributed by atoms with E-state index in [1.54, 1.807) is 0 Å². The minimum absolute atomic E-state index is 0.0623. The molecule has 1 aliphatic heterocycles. The Balaban J connectivity index is 1.59. The van der Waals surface area contributed by atoms with E-state index in [1.807, 2.05) is 53.2 Å². The Labute approximate surface area is 142 Å². The maximum Gasteiger partial charge on any atom is 0.254 e. The van der Waals surface area contributed by atoms with Crippen molar-refractivity contribution >= 4 is 5.91 Å². The normalized spacial score (nSPS) is 20.0. The molecule has 5 nitrogen and oxygen atoms in total. The van der Waals surface area contributed by atoms with Gasteiger partial charge in [0.05, 0.1) is 24.5 Å². The second kappa shape index (κ2) is 6.40. The number of carbonyl (C=O) groups is 1. The predicted molar refractivity (Wildman–Crippen MR) is 90.7 cm³/mol. The number of carbonyl (C=O) groups excluding carboxylic acids is 1. The molecule has 126 valence electrons. The molecule has 1 aromatic carbocycles. The van der Waals surface area contributed by atoms with E-state index in [4.69, 9.17) is 4.74 Å². The van der Waals surface area contributed by atoms with Gasteiger partial charge in [-0.3, -0.25) is 9.48 Å². The van der Waals surface area contributed by atoms with Crippen LogP contribution in [0.25, 0.3) is 0 Å². The van der Waals surface area contributed by atoms with E-state index in [9.17, 15) is 4.79 Å². The van der Waals surface area contributed by atoms with E-state index >= 15 is 0 Å². The van der Waals surface area contributed by atoms with E-state index in [0.29, 0.717) is 13.2 Å². The Bertz CT molecular complexity index is 721. The highest BCUT2D eigenvalue weighted by Crippen LogP contribution is 2.33. The van der Waals surface area contributed by atoms with Gasteiger partial charge in [0.15, 0.2) is 0 Å². The van der Waals surface area contributed by atoms with E-state index < -0.39 is 0 Å². The zero-order valence-electron chi connectivity index (χ0n) is 14.0. The molecule has 0 N–H and O–H groups in total. The third kappa shape index (κ3) is 2.96. The van der Waals surface area contributed by atoms with Gasteiger partial charge in [0.1, 0.15) is 0 Å². The lowest BCUT2D eigenvalue weighted by atomic mass is 9.99. The van der Waals surface area contributed by atoms with Crippen LogP contribution in [0.1, 0.15) is 40.5 Å². The van der Waals surface area contributed by atoms with Crippen LogP contribution in [-0.2, 0) is 18.2 Å². The van der Waals surface area contributed by atoms with Crippen molar-refractivity contribution in [1.82, 2.24) is 14.7 Å². The largest absolute Gasteiger partial charge is 0.379 e. The van der Waals surface area contributed by atoms with Crippen molar-refractivity contribution in [2.45, 2.75) is 25.3 Å². The molecule has 2 aliphatic rings. The van der Waals surface area contributed by atoms with Crippen LogP contribution in [0.3, 0.4) is 0 Å². The van der Waals surface area contributed by atoms with Gasteiger partial charge in [0, 0.05) is 25.8 Å². The summed E-state index contributed by atoms with van der Waals surface area (Å²) in [5, 5.41) is 4.39. The minimum atomic E-state index is -0.0623. The first kappa shape index (κ1) is 15.4. The lowest BCUT2D eigenvalue weighted by molar-refractivity contribution is 0.0348. The van der Waals surface area contributed by atoms with Crippen molar-refractivity contribution in [2.75, 3.05) is 19.8 Å². The number of benzene rings is 1. The highest BCUT2D eigenvalue weighted by atomic mass is 16.5. The van der Waals surface area contributed by atoms with Gasteiger partial charge in [-0.2, -0.15) is 5.10 Å². The van der Waals surface area contributed by atoms with Crippen molar-refractivity contribution in [3.63, 3.8) is 0 Å². The Hall–Kier alpha value is -2.14. The zero-order valence-corrected chi connectivity index (χ0v) is 14.0. The molecule has 5 heteroatoms. The molecule has 1 aliphatic carbocycles. The first-order valence-corrected chi connectivity index (χ1v) is 8.68. The summed E-state index contributed by atoms with van der Waals surface area (Å²) in [4.78, 5) is 15.0. The lowest BCUT2D eigenvalue weighted by Gasteiger charge is -2.36. The van der Waals surface area contributed by atoms with Gasteiger partial charge >= 0.3 is 0 Å². The topological polar surface area (TPSA) is 47.4 Å². The standard InChI is InChI=1S/C19H23N3O2/c1-21-18-16(11-20-21)9-10-22(17(18)13-24-12-14-7-8-14)19(23)15-5-3-2-4-6-15/h2-6,11,14,17H,7-10,12-13H2,1H3/t17-/m0/s1. The van der Waals surface area contributed by atoms with Gasteiger partial charge < -0.3 is 9.64 Å². The van der Waals surface area contributed by atoms with Gasteiger partial charge in [-0.05, 0) is 42.9 Å². The molecule has 0 spiro atoms. The number of rotatable bonds is 5. The third-order valence-corrected chi connectivity index (χ3v) is 4.99. The average Bonchev–Trinajstić information content (AvgIpc) is 3.37. The molecule has 1 fully saturated rings. The maximum atomic E-state index is 13.0. The number of aromatic nitrogens is 2. The second-order valence-electron chi connectivity index (χ2n) is 6.79. The number of hydrogen-bond acceptors (Lipinski definition) is 3. The first-order valence-electron chi connectivity index (χ1n) is 8.68. The highest BCUT2D eigenvalue weighted by molar-refractivity contribution is 5.94. The van der Waals surface area contributed by atoms with Gasteiger partial charge in [-0.1, -0.05) is 18.2 Å². The molecular weight excluding hydrogens is 302 g/mol. The lowest BCUT2D eigenvalue weighted by Crippen LogP contribution is -2.42. The van der Waals surface area contributed by atoms with Crippen LogP contribution in [0.15, 0.2) is 36.5 Å².